The molecule has 0 saturated carbocycles. The Morgan fingerprint density at radius 2 is 1.88 bits per heavy atom. The first kappa shape index (κ1) is 17.8. The molecule has 2 aromatic carbocycles. The number of fused-ring (bicyclic) bond motifs is 1. The molecule has 1 aliphatic heterocycles. The summed E-state index contributed by atoms with van der Waals surface area (Å²) in [6, 6.07) is 10.1. The van der Waals surface area contributed by atoms with Crippen molar-refractivity contribution in [3.8, 4) is 0 Å². The summed E-state index contributed by atoms with van der Waals surface area (Å²) in [6.07, 6.45) is 0. The Kier molecular flexibility index (Phi) is 5.32. The average molecular weight is 395 g/mol. The van der Waals surface area contributed by atoms with Crippen LogP contribution in [0.1, 0.15) is 26.3 Å². The van der Waals surface area contributed by atoms with Gasteiger partial charge in [0.25, 0.3) is 11.8 Å². The van der Waals surface area contributed by atoms with Crippen LogP contribution in [0.15, 0.2) is 36.4 Å². The molecule has 5 nitrogen and oxygen atoms in total. The molecule has 3 amide bonds. The van der Waals surface area contributed by atoms with Gasteiger partial charge in [0.2, 0.25) is 5.91 Å². The van der Waals surface area contributed by atoms with E-state index in [-0.39, 0.29) is 22.8 Å². The number of thioether (sulfide) groups is 1. The van der Waals surface area contributed by atoms with Crippen molar-refractivity contribution in [1.82, 2.24) is 5.32 Å². The topological polar surface area (TPSA) is 75.3 Å². The van der Waals surface area contributed by atoms with E-state index >= 15 is 0 Å². The second-order valence-electron chi connectivity index (χ2n) is 5.30. The zero-order valence-corrected chi connectivity index (χ0v) is 15.1. The molecule has 0 aromatic heterocycles. The lowest BCUT2D eigenvalue weighted by atomic mass is 10.1. The third-order valence-corrected chi connectivity index (χ3v) is 5.27. The third-order valence-electron chi connectivity index (χ3n) is 3.52. The summed E-state index contributed by atoms with van der Waals surface area (Å²) in [5.41, 5.74) is 1.76. The van der Waals surface area contributed by atoms with Crippen LogP contribution < -0.4 is 10.6 Å². The quantitative estimate of drug-likeness (QED) is 0.757. The van der Waals surface area contributed by atoms with Gasteiger partial charge in [-0.25, -0.2) is 0 Å². The van der Waals surface area contributed by atoms with Crippen LogP contribution in [-0.2, 0) is 10.5 Å². The van der Waals surface area contributed by atoms with Crippen LogP contribution in [-0.4, -0.2) is 23.5 Å². The molecule has 0 aliphatic carbocycles. The number of rotatable bonds is 5. The van der Waals surface area contributed by atoms with E-state index in [1.807, 2.05) is 6.07 Å². The molecule has 0 unspecified atom stereocenters. The minimum atomic E-state index is -0.501. The molecular formula is C17H12Cl2N2O3S. The molecule has 0 spiro atoms. The average Bonchev–Trinajstić information content (AvgIpc) is 2.86. The van der Waals surface area contributed by atoms with Crippen molar-refractivity contribution >= 4 is 58.4 Å². The summed E-state index contributed by atoms with van der Waals surface area (Å²) < 4.78 is 0. The largest absolute Gasteiger partial charge is 0.325 e. The molecule has 2 aromatic rings. The fraction of sp³-hybridized carbons (Fsp3) is 0.118. The minimum absolute atomic E-state index is 0.194. The fourth-order valence-corrected chi connectivity index (χ4v) is 3.50. The van der Waals surface area contributed by atoms with Crippen LogP contribution in [0, 0.1) is 0 Å². The van der Waals surface area contributed by atoms with E-state index in [4.69, 9.17) is 23.2 Å². The lowest BCUT2D eigenvalue weighted by Crippen LogP contribution is -2.21. The zero-order chi connectivity index (χ0) is 18.0. The van der Waals surface area contributed by atoms with Gasteiger partial charge in [-0.3, -0.25) is 19.7 Å². The summed E-state index contributed by atoms with van der Waals surface area (Å²) in [5.74, 6) is -0.426. The Morgan fingerprint density at radius 1 is 1.08 bits per heavy atom. The lowest BCUT2D eigenvalue weighted by Gasteiger charge is -2.08. The molecule has 128 valence electrons. The molecule has 0 saturated heterocycles. The number of carbonyl (C=O) groups is 3. The summed E-state index contributed by atoms with van der Waals surface area (Å²) in [6.45, 7) is 0. The van der Waals surface area contributed by atoms with E-state index in [1.54, 1.807) is 30.3 Å². The smallest absolute Gasteiger partial charge is 0.261 e. The monoisotopic (exact) mass is 394 g/mol. The van der Waals surface area contributed by atoms with Crippen molar-refractivity contribution in [2.75, 3.05) is 11.1 Å². The van der Waals surface area contributed by atoms with Crippen molar-refractivity contribution in [2.45, 2.75) is 5.75 Å². The van der Waals surface area contributed by atoms with Gasteiger partial charge in [0.05, 0.1) is 32.6 Å². The molecule has 1 aliphatic rings. The van der Waals surface area contributed by atoms with Crippen molar-refractivity contribution in [3.63, 3.8) is 0 Å². The highest BCUT2D eigenvalue weighted by Crippen LogP contribution is 2.26. The van der Waals surface area contributed by atoms with E-state index in [2.05, 4.69) is 10.6 Å². The lowest BCUT2D eigenvalue weighted by molar-refractivity contribution is -0.113. The Balaban J connectivity index is 1.60. The summed E-state index contributed by atoms with van der Waals surface area (Å²) in [7, 11) is 0. The highest BCUT2D eigenvalue weighted by molar-refractivity contribution is 7.99. The summed E-state index contributed by atoms with van der Waals surface area (Å²) in [4.78, 5) is 35.6. The molecule has 1 heterocycles. The van der Waals surface area contributed by atoms with E-state index < -0.39 is 11.8 Å². The number of hydrogen-bond donors (Lipinski definition) is 2. The normalized spacial score (nSPS) is 12.7. The number of nitrogens with one attached hydrogen (secondary N) is 2. The Bertz CT molecular complexity index is 886. The number of carbonyl (C=O) groups excluding carboxylic acids is 3. The van der Waals surface area contributed by atoms with E-state index in [1.165, 1.54) is 11.8 Å². The first-order chi connectivity index (χ1) is 12.0. The SMILES string of the molecule is O=C(CSCc1ccc(Cl)c(Cl)c1)Nc1cccc2c1C(=O)NC2=O. The van der Waals surface area contributed by atoms with Crippen molar-refractivity contribution in [2.24, 2.45) is 0 Å². The minimum Gasteiger partial charge on any atom is -0.325 e. The Labute approximate surface area is 158 Å². The van der Waals surface area contributed by atoms with Crippen molar-refractivity contribution in [1.29, 1.82) is 0 Å². The standard InChI is InChI=1S/C17H12Cl2N2O3S/c18-11-5-4-9(6-12(11)19)7-25-8-14(22)20-13-3-1-2-10-15(13)17(24)21-16(10)23/h1-6H,7-8H2,(H,20,22)(H,21,23,24). The molecule has 0 radical (unpaired) electrons. The maximum Gasteiger partial charge on any atom is 0.261 e. The van der Waals surface area contributed by atoms with Gasteiger partial charge in [0.1, 0.15) is 0 Å². The van der Waals surface area contributed by atoms with Crippen LogP contribution in [0.2, 0.25) is 10.0 Å². The Hall–Kier alpha value is -2.02. The highest BCUT2D eigenvalue weighted by atomic mass is 35.5. The van der Waals surface area contributed by atoms with Gasteiger partial charge in [-0.15, -0.1) is 11.8 Å². The number of amides is 3. The van der Waals surface area contributed by atoms with Gasteiger partial charge in [-0.2, -0.15) is 0 Å². The summed E-state index contributed by atoms with van der Waals surface area (Å²) >= 11 is 13.2. The highest BCUT2D eigenvalue weighted by Gasteiger charge is 2.29. The molecule has 2 N–H and O–H groups in total. The maximum atomic E-state index is 12.1. The van der Waals surface area contributed by atoms with Crippen LogP contribution in [0.4, 0.5) is 5.69 Å². The van der Waals surface area contributed by atoms with Gasteiger partial charge in [-0.05, 0) is 29.8 Å². The second-order valence-corrected chi connectivity index (χ2v) is 7.10. The molecule has 25 heavy (non-hydrogen) atoms. The first-order valence-corrected chi connectivity index (χ1v) is 9.17. The fourth-order valence-electron chi connectivity index (χ4n) is 2.40. The number of hydrogen-bond acceptors (Lipinski definition) is 4. The molecular weight excluding hydrogens is 383 g/mol. The Morgan fingerprint density at radius 3 is 2.64 bits per heavy atom. The van der Waals surface area contributed by atoms with E-state index in [0.29, 0.717) is 21.5 Å². The molecule has 0 atom stereocenters. The van der Waals surface area contributed by atoms with Gasteiger partial charge in [0, 0.05) is 5.75 Å². The number of benzene rings is 2. The third kappa shape index (κ3) is 3.98. The predicted octanol–water partition coefficient (Wildman–Crippen LogP) is 3.75. The second kappa shape index (κ2) is 7.47. The molecule has 0 bridgehead atoms. The van der Waals surface area contributed by atoms with Gasteiger partial charge >= 0.3 is 0 Å². The van der Waals surface area contributed by atoms with Crippen LogP contribution in [0.25, 0.3) is 0 Å². The van der Waals surface area contributed by atoms with Crippen LogP contribution >= 0.6 is 35.0 Å². The number of imide groups is 1. The van der Waals surface area contributed by atoms with E-state index in [9.17, 15) is 14.4 Å². The summed E-state index contributed by atoms with van der Waals surface area (Å²) in [5, 5.41) is 5.85. The number of anilines is 1. The van der Waals surface area contributed by atoms with Gasteiger partial charge in [-0.1, -0.05) is 35.3 Å². The number of halogens is 2. The first-order valence-electron chi connectivity index (χ1n) is 7.26. The predicted molar refractivity (Wildman–Crippen MR) is 99.5 cm³/mol. The van der Waals surface area contributed by atoms with E-state index in [0.717, 1.165) is 5.56 Å². The van der Waals surface area contributed by atoms with Crippen LogP contribution in [0.3, 0.4) is 0 Å². The zero-order valence-electron chi connectivity index (χ0n) is 12.8. The van der Waals surface area contributed by atoms with Crippen molar-refractivity contribution in [3.05, 3.63) is 63.1 Å². The van der Waals surface area contributed by atoms with Crippen LogP contribution in [0.5, 0.6) is 0 Å². The van der Waals surface area contributed by atoms with Gasteiger partial charge in [0.15, 0.2) is 0 Å². The van der Waals surface area contributed by atoms with Gasteiger partial charge < -0.3 is 5.32 Å². The molecule has 8 heteroatoms. The van der Waals surface area contributed by atoms with Crippen molar-refractivity contribution < 1.29 is 14.4 Å². The molecule has 3 rings (SSSR count). The molecule has 0 fully saturated rings. The maximum absolute atomic E-state index is 12.1.